The lowest BCUT2D eigenvalue weighted by molar-refractivity contribution is -0.121. The number of benzene rings is 1. The van der Waals surface area contributed by atoms with Crippen molar-refractivity contribution in [3.05, 3.63) is 35.6 Å². The van der Waals surface area contributed by atoms with Crippen LogP contribution in [0.4, 0.5) is 4.39 Å². The van der Waals surface area contributed by atoms with E-state index >= 15 is 0 Å². The second kappa shape index (κ2) is 9.22. The average molecular weight is 338 g/mol. The molecule has 1 unspecified atom stereocenters. The lowest BCUT2D eigenvalue weighted by Crippen LogP contribution is -2.47. The topological polar surface area (TPSA) is 88.7 Å². The van der Waals surface area contributed by atoms with Crippen LogP contribution in [0.1, 0.15) is 19.4 Å². The van der Waals surface area contributed by atoms with Crippen LogP contribution in [0.25, 0.3) is 0 Å². The molecule has 7 heteroatoms. The molecule has 134 valence electrons. The van der Waals surface area contributed by atoms with Crippen LogP contribution in [0.3, 0.4) is 0 Å². The number of hydrogen-bond acceptors (Lipinski definition) is 3. The van der Waals surface area contributed by atoms with Crippen molar-refractivity contribution in [2.75, 3.05) is 27.2 Å². The Morgan fingerprint density at radius 2 is 1.96 bits per heavy atom. The van der Waals surface area contributed by atoms with Gasteiger partial charge in [-0.2, -0.15) is 0 Å². The van der Waals surface area contributed by atoms with E-state index in [1.807, 2.05) is 13.8 Å². The average Bonchev–Trinajstić information content (AvgIpc) is 2.55. The maximum absolute atomic E-state index is 13.0. The summed E-state index contributed by atoms with van der Waals surface area (Å²) in [6.45, 7) is 4.80. The molecule has 0 fully saturated rings. The van der Waals surface area contributed by atoms with Crippen LogP contribution in [0.2, 0.25) is 0 Å². The van der Waals surface area contributed by atoms with Gasteiger partial charge in [-0.25, -0.2) is 4.39 Å². The molecular formula is C17H27FN4O2. The number of guanidine groups is 1. The lowest BCUT2D eigenvalue weighted by Gasteiger charge is -2.25. The van der Waals surface area contributed by atoms with E-state index in [1.165, 1.54) is 12.1 Å². The number of nitrogens with two attached hydrogens (primary N) is 1. The fourth-order valence-electron chi connectivity index (χ4n) is 1.99. The van der Waals surface area contributed by atoms with Crippen LogP contribution >= 0.6 is 0 Å². The fraction of sp³-hybridized carbons (Fsp3) is 0.529. The van der Waals surface area contributed by atoms with Crippen molar-refractivity contribution >= 4 is 11.9 Å². The third-order valence-electron chi connectivity index (χ3n) is 3.77. The molecule has 1 aromatic rings. The minimum Gasteiger partial charge on any atom is -0.377 e. The Balaban J connectivity index is 2.58. The number of halogens is 1. The number of primary amides is 1. The number of nitrogens with zero attached hydrogens (tertiary/aromatic N) is 1. The van der Waals surface area contributed by atoms with Gasteiger partial charge in [-0.05, 0) is 38.0 Å². The summed E-state index contributed by atoms with van der Waals surface area (Å²) in [5.74, 6) is -0.590. The van der Waals surface area contributed by atoms with Crippen molar-refractivity contribution < 1.29 is 13.9 Å². The first kappa shape index (κ1) is 19.9. The van der Waals surface area contributed by atoms with Crippen LogP contribution < -0.4 is 16.4 Å². The summed E-state index contributed by atoms with van der Waals surface area (Å²) >= 11 is 0. The molecule has 0 heterocycles. The van der Waals surface area contributed by atoms with Gasteiger partial charge >= 0.3 is 0 Å². The number of carbonyl (C=O) groups is 1. The van der Waals surface area contributed by atoms with E-state index in [4.69, 9.17) is 10.5 Å². The smallest absolute Gasteiger partial charge is 0.222 e. The largest absolute Gasteiger partial charge is 0.377 e. The minimum absolute atomic E-state index is 0.308. The van der Waals surface area contributed by atoms with Crippen LogP contribution in [-0.4, -0.2) is 44.7 Å². The molecule has 1 rings (SSSR count). The van der Waals surface area contributed by atoms with Gasteiger partial charge in [-0.3, -0.25) is 9.79 Å². The Kier molecular flexibility index (Phi) is 7.64. The van der Waals surface area contributed by atoms with E-state index < -0.39 is 11.8 Å². The van der Waals surface area contributed by atoms with Gasteiger partial charge in [0, 0.05) is 27.2 Å². The van der Waals surface area contributed by atoms with E-state index in [0.717, 1.165) is 5.56 Å². The predicted octanol–water partition coefficient (Wildman–Crippen LogP) is 1.06. The standard InChI is InChI=1S/C17H27FN4O2/c1-17(2,24-4)11-22-16(20-3)21-10-13(15(19)23)9-12-5-7-14(18)8-6-12/h5-8,13H,9-11H2,1-4H3,(H2,19,23)(H2,20,21,22). The van der Waals surface area contributed by atoms with Crippen molar-refractivity contribution in [1.82, 2.24) is 10.6 Å². The number of hydrogen-bond donors (Lipinski definition) is 3. The van der Waals surface area contributed by atoms with Gasteiger partial charge in [0.25, 0.3) is 0 Å². The van der Waals surface area contributed by atoms with E-state index in [0.29, 0.717) is 25.5 Å². The molecule has 0 saturated heterocycles. The monoisotopic (exact) mass is 338 g/mol. The zero-order chi connectivity index (χ0) is 18.2. The van der Waals surface area contributed by atoms with Crippen LogP contribution in [0.15, 0.2) is 29.3 Å². The zero-order valence-electron chi connectivity index (χ0n) is 14.7. The summed E-state index contributed by atoms with van der Waals surface area (Å²) in [5, 5.41) is 6.23. The number of rotatable bonds is 8. The Labute approximate surface area is 142 Å². The third kappa shape index (κ3) is 6.95. The fourth-order valence-corrected chi connectivity index (χ4v) is 1.99. The van der Waals surface area contributed by atoms with Gasteiger partial charge < -0.3 is 21.1 Å². The molecule has 0 bridgehead atoms. The quantitative estimate of drug-likeness (QED) is 0.488. The van der Waals surface area contributed by atoms with Crippen molar-refractivity contribution in [2.24, 2.45) is 16.6 Å². The van der Waals surface area contributed by atoms with E-state index in [-0.39, 0.29) is 11.4 Å². The summed E-state index contributed by atoms with van der Waals surface area (Å²) in [7, 11) is 3.29. The Morgan fingerprint density at radius 3 is 2.46 bits per heavy atom. The molecule has 0 aliphatic rings. The van der Waals surface area contributed by atoms with Gasteiger partial charge in [-0.1, -0.05) is 12.1 Å². The number of methoxy groups -OCH3 is 1. The maximum atomic E-state index is 13.0. The third-order valence-corrected chi connectivity index (χ3v) is 3.77. The van der Waals surface area contributed by atoms with E-state index in [9.17, 15) is 9.18 Å². The number of ether oxygens (including phenoxy) is 1. The molecule has 0 spiro atoms. The van der Waals surface area contributed by atoms with Crippen LogP contribution in [0.5, 0.6) is 0 Å². The highest BCUT2D eigenvalue weighted by Gasteiger charge is 2.19. The lowest BCUT2D eigenvalue weighted by atomic mass is 9.98. The highest BCUT2D eigenvalue weighted by atomic mass is 19.1. The Hall–Kier alpha value is -2.15. The first-order valence-corrected chi connectivity index (χ1v) is 7.81. The maximum Gasteiger partial charge on any atom is 0.222 e. The van der Waals surface area contributed by atoms with E-state index in [2.05, 4.69) is 15.6 Å². The molecule has 1 atom stereocenters. The molecule has 24 heavy (non-hydrogen) atoms. The van der Waals surface area contributed by atoms with Crippen molar-refractivity contribution in [2.45, 2.75) is 25.9 Å². The first-order valence-electron chi connectivity index (χ1n) is 7.81. The zero-order valence-corrected chi connectivity index (χ0v) is 14.7. The summed E-state index contributed by atoms with van der Waals surface area (Å²) in [5.41, 5.74) is 5.99. The molecule has 0 aliphatic carbocycles. The second-order valence-corrected chi connectivity index (χ2v) is 6.20. The number of carbonyl (C=O) groups excluding carboxylic acids is 1. The summed E-state index contributed by atoms with van der Waals surface area (Å²) in [4.78, 5) is 15.8. The number of aliphatic imine (C=N–C) groups is 1. The van der Waals surface area contributed by atoms with E-state index in [1.54, 1.807) is 26.3 Å². The molecular weight excluding hydrogens is 311 g/mol. The second-order valence-electron chi connectivity index (χ2n) is 6.20. The van der Waals surface area contributed by atoms with Gasteiger partial charge in [0.2, 0.25) is 5.91 Å². The van der Waals surface area contributed by atoms with Crippen LogP contribution in [0, 0.1) is 11.7 Å². The first-order chi connectivity index (χ1) is 11.3. The van der Waals surface area contributed by atoms with Gasteiger partial charge in [-0.15, -0.1) is 0 Å². The highest BCUT2D eigenvalue weighted by molar-refractivity contribution is 5.81. The van der Waals surface area contributed by atoms with Crippen molar-refractivity contribution in [3.63, 3.8) is 0 Å². The van der Waals surface area contributed by atoms with Crippen molar-refractivity contribution in [3.8, 4) is 0 Å². The van der Waals surface area contributed by atoms with Crippen LogP contribution in [-0.2, 0) is 16.0 Å². The van der Waals surface area contributed by atoms with Gasteiger partial charge in [0.1, 0.15) is 5.82 Å². The summed E-state index contributed by atoms with van der Waals surface area (Å²) in [6.07, 6.45) is 0.434. The molecule has 6 nitrogen and oxygen atoms in total. The summed E-state index contributed by atoms with van der Waals surface area (Å²) < 4.78 is 18.3. The number of amides is 1. The summed E-state index contributed by atoms with van der Waals surface area (Å²) in [6, 6.07) is 6.04. The normalized spacial score (nSPS) is 13.5. The molecule has 0 aliphatic heterocycles. The molecule has 4 N–H and O–H groups in total. The molecule has 1 amide bonds. The Morgan fingerprint density at radius 1 is 1.33 bits per heavy atom. The SMILES string of the molecule is CN=C(NCC(Cc1ccc(F)cc1)C(N)=O)NCC(C)(C)OC. The Bertz CT molecular complexity index is 558. The molecule has 0 radical (unpaired) electrons. The molecule has 0 aromatic heterocycles. The molecule has 0 saturated carbocycles. The predicted molar refractivity (Wildman–Crippen MR) is 93.2 cm³/mol. The number of nitrogens with one attached hydrogen (secondary N) is 2. The minimum atomic E-state index is -0.426. The highest BCUT2D eigenvalue weighted by Crippen LogP contribution is 2.10. The van der Waals surface area contributed by atoms with Gasteiger partial charge in [0.15, 0.2) is 5.96 Å². The molecule has 1 aromatic carbocycles. The van der Waals surface area contributed by atoms with Gasteiger partial charge in [0.05, 0.1) is 11.5 Å². The van der Waals surface area contributed by atoms with Crippen molar-refractivity contribution in [1.29, 1.82) is 0 Å².